The van der Waals surface area contributed by atoms with Crippen molar-refractivity contribution in [3.63, 3.8) is 0 Å². The van der Waals surface area contributed by atoms with Crippen molar-refractivity contribution in [3.8, 4) is 0 Å². The molecule has 0 aromatic heterocycles. The fourth-order valence-electron chi connectivity index (χ4n) is 3.46. The first-order valence-corrected chi connectivity index (χ1v) is 7.82. The van der Waals surface area contributed by atoms with Crippen LogP contribution in [0.2, 0.25) is 0 Å². The van der Waals surface area contributed by atoms with Crippen molar-refractivity contribution in [2.75, 3.05) is 6.54 Å². The van der Waals surface area contributed by atoms with Crippen LogP contribution >= 0.6 is 0 Å². The highest BCUT2D eigenvalue weighted by Gasteiger charge is 2.25. The molecule has 2 atom stereocenters. The lowest BCUT2D eigenvalue weighted by molar-refractivity contribution is 0.0916. The van der Waals surface area contributed by atoms with Crippen LogP contribution in [0, 0.1) is 5.92 Å². The highest BCUT2D eigenvalue weighted by Crippen LogP contribution is 2.25. The molecule has 3 rings (SSSR count). The molecule has 0 spiro atoms. The fraction of sp³-hybridized carbons (Fsp3) is 0.588. The Hall–Kier alpha value is -1.35. The molecular formula is C17H23NO2. The Kier molecular flexibility index (Phi) is 4.06. The van der Waals surface area contributed by atoms with E-state index in [1.54, 1.807) is 0 Å². The smallest absolute Gasteiger partial charge is 0.251 e. The Morgan fingerprint density at radius 1 is 1.15 bits per heavy atom. The van der Waals surface area contributed by atoms with Gasteiger partial charge >= 0.3 is 0 Å². The minimum atomic E-state index is -0.237. The van der Waals surface area contributed by atoms with E-state index in [0.717, 1.165) is 37.7 Å². The third-order valence-electron chi connectivity index (χ3n) is 4.75. The van der Waals surface area contributed by atoms with Crippen molar-refractivity contribution in [3.05, 3.63) is 34.9 Å². The Morgan fingerprint density at radius 2 is 1.95 bits per heavy atom. The number of carbonyl (C=O) groups excluding carboxylic acids is 1. The van der Waals surface area contributed by atoms with Crippen molar-refractivity contribution in [2.45, 2.75) is 51.0 Å². The van der Waals surface area contributed by atoms with E-state index < -0.39 is 0 Å². The van der Waals surface area contributed by atoms with Crippen LogP contribution in [0.5, 0.6) is 0 Å². The number of aliphatic hydroxyl groups excluding tert-OH is 1. The summed E-state index contributed by atoms with van der Waals surface area (Å²) in [5.41, 5.74) is 3.50. The summed E-state index contributed by atoms with van der Waals surface area (Å²) in [6.07, 6.45) is 7.46. The van der Waals surface area contributed by atoms with E-state index in [0.29, 0.717) is 6.54 Å². The van der Waals surface area contributed by atoms with Crippen LogP contribution in [0.15, 0.2) is 18.2 Å². The molecular weight excluding hydrogens is 250 g/mol. The van der Waals surface area contributed by atoms with E-state index in [2.05, 4.69) is 17.4 Å². The summed E-state index contributed by atoms with van der Waals surface area (Å²) in [5.74, 6) is 0.231. The maximum absolute atomic E-state index is 12.2. The zero-order chi connectivity index (χ0) is 13.9. The van der Waals surface area contributed by atoms with Crippen molar-refractivity contribution in [1.82, 2.24) is 5.32 Å². The third kappa shape index (κ3) is 2.88. The largest absolute Gasteiger partial charge is 0.393 e. The Bertz CT molecular complexity index is 498. The summed E-state index contributed by atoms with van der Waals surface area (Å²) >= 11 is 0. The molecule has 2 N–H and O–H groups in total. The first-order chi connectivity index (χ1) is 9.74. The second-order valence-corrected chi connectivity index (χ2v) is 6.16. The predicted molar refractivity (Wildman–Crippen MR) is 78.8 cm³/mol. The van der Waals surface area contributed by atoms with Gasteiger partial charge in [0.2, 0.25) is 0 Å². The van der Waals surface area contributed by atoms with Gasteiger partial charge in [0.25, 0.3) is 5.91 Å². The van der Waals surface area contributed by atoms with E-state index in [1.807, 2.05) is 6.07 Å². The second-order valence-electron chi connectivity index (χ2n) is 6.16. The number of carbonyl (C=O) groups is 1. The molecule has 0 aliphatic heterocycles. The summed E-state index contributed by atoms with van der Waals surface area (Å²) in [7, 11) is 0. The van der Waals surface area contributed by atoms with Gasteiger partial charge < -0.3 is 10.4 Å². The molecule has 108 valence electrons. The molecule has 2 aliphatic rings. The average molecular weight is 273 g/mol. The van der Waals surface area contributed by atoms with Gasteiger partial charge in [0.1, 0.15) is 0 Å². The summed E-state index contributed by atoms with van der Waals surface area (Å²) in [6, 6.07) is 6.09. The molecule has 0 bridgehead atoms. The third-order valence-corrected chi connectivity index (χ3v) is 4.75. The lowest BCUT2D eigenvalue weighted by Gasteiger charge is -2.18. The van der Waals surface area contributed by atoms with Gasteiger partial charge in [-0.05, 0) is 61.8 Å². The molecule has 2 aliphatic carbocycles. The van der Waals surface area contributed by atoms with Crippen LogP contribution in [-0.4, -0.2) is 23.7 Å². The van der Waals surface area contributed by atoms with Crippen molar-refractivity contribution < 1.29 is 9.90 Å². The van der Waals surface area contributed by atoms with Crippen LogP contribution < -0.4 is 5.32 Å². The Morgan fingerprint density at radius 3 is 2.70 bits per heavy atom. The molecule has 1 aromatic carbocycles. The standard InChI is InChI=1S/C17H23NO2/c19-16-7-3-6-15(16)11-18-17(20)14-9-8-12-4-1-2-5-13(12)10-14/h8-10,15-16,19H,1-7,11H2,(H,18,20). The Balaban J connectivity index is 1.62. The maximum Gasteiger partial charge on any atom is 0.251 e. The molecule has 1 saturated carbocycles. The molecule has 3 heteroatoms. The molecule has 1 fully saturated rings. The van der Waals surface area contributed by atoms with Gasteiger partial charge in [-0.15, -0.1) is 0 Å². The maximum atomic E-state index is 12.2. The summed E-state index contributed by atoms with van der Waals surface area (Å²) in [5, 5.41) is 12.8. The predicted octanol–water partition coefficient (Wildman–Crippen LogP) is 2.46. The number of amides is 1. The highest BCUT2D eigenvalue weighted by molar-refractivity contribution is 5.94. The van der Waals surface area contributed by atoms with Crippen LogP contribution in [-0.2, 0) is 12.8 Å². The number of rotatable bonds is 3. The minimum Gasteiger partial charge on any atom is -0.393 e. The van der Waals surface area contributed by atoms with Crippen LogP contribution in [0.3, 0.4) is 0 Å². The van der Waals surface area contributed by atoms with Gasteiger partial charge in [-0.1, -0.05) is 12.5 Å². The number of aliphatic hydroxyl groups is 1. The van der Waals surface area contributed by atoms with Crippen molar-refractivity contribution in [2.24, 2.45) is 5.92 Å². The number of benzene rings is 1. The molecule has 0 saturated heterocycles. The molecule has 1 aromatic rings. The summed E-state index contributed by atoms with van der Waals surface area (Å²) < 4.78 is 0. The van der Waals surface area contributed by atoms with E-state index in [1.165, 1.54) is 24.0 Å². The van der Waals surface area contributed by atoms with Crippen molar-refractivity contribution >= 4 is 5.91 Å². The summed E-state index contributed by atoms with van der Waals surface area (Å²) in [4.78, 5) is 12.2. The zero-order valence-electron chi connectivity index (χ0n) is 11.9. The number of nitrogens with one attached hydrogen (secondary N) is 1. The monoisotopic (exact) mass is 273 g/mol. The molecule has 2 unspecified atom stereocenters. The number of hydrogen-bond donors (Lipinski definition) is 2. The molecule has 1 amide bonds. The second kappa shape index (κ2) is 5.96. The first-order valence-electron chi connectivity index (χ1n) is 7.82. The van der Waals surface area contributed by atoms with E-state index in [4.69, 9.17) is 0 Å². The van der Waals surface area contributed by atoms with Crippen LogP contribution in [0.25, 0.3) is 0 Å². The van der Waals surface area contributed by atoms with Gasteiger partial charge in [0.15, 0.2) is 0 Å². The number of aryl methyl sites for hydroxylation is 2. The minimum absolute atomic E-state index is 0.00234. The van der Waals surface area contributed by atoms with E-state index >= 15 is 0 Å². The van der Waals surface area contributed by atoms with E-state index in [9.17, 15) is 9.90 Å². The molecule has 3 nitrogen and oxygen atoms in total. The quantitative estimate of drug-likeness (QED) is 0.888. The normalized spacial score (nSPS) is 25.2. The highest BCUT2D eigenvalue weighted by atomic mass is 16.3. The van der Waals surface area contributed by atoms with Gasteiger partial charge in [-0.3, -0.25) is 4.79 Å². The lowest BCUT2D eigenvalue weighted by atomic mass is 9.90. The fourth-order valence-corrected chi connectivity index (χ4v) is 3.46. The van der Waals surface area contributed by atoms with Crippen LogP contribution in [0.4, 0.5) is 0 Å². The SMILES string of the molecule is O=C(NCC1CCCC1O)c1ccc2c(c1)CCCC2. The molecule has 0 heterocycles. The lowest BCUT2D eigenvalue weighted by Crippen LogP contribution is -2.32. The Labute approximate surface area is 120 Å². The summed E-state index contributed by atoms with van der Waals surface area (Å²) in [6.45, 7) is 0.594. The number of fused-ring (bicyclic) bond motifs is 1. The average Bonchev–Trinajstić information content (AvgIpc) is 2.89. The van der Waals surface area contributed by atoms with Gasteiger partial charge in [0, 0.05) is 18.0 Å². The molecule has 20 heavy (non-hydrogen) atoms. The topological polar surface area (TPSA) is 49.3 Å². The van der Waals surface area contributed by atoms with Gasteiger partial charge in [0.05, 0.1) is 6.10 Å². The molecule has 0 radical (unpaired) electrons. The number of hydrogen-bond acceptors (Lipinski definition) is 2. The van der Waals surface area contributed by atoms with Gasteiger partial charge in [-0.2, -0.15) is 0 Å². The van der Waals surface area contributed by atoms with Gasteiger partial charge in [-0.25, -0.2) is 0 Å². The first kappa shape index (κ1) is 13.6. The van der Waals surface area contributed by atoms with E-state index in [-0.39, 0.29) is 17.9 Å². The van der Waals surface area contributed by atoms with Crippen LogP contribution in [0.1, 0.15) is 53.6 Å². The van der Waals surface area contributed by atoms with Crippen molar-refractivity contribution in [1.29, 1.82) is 0 Å². The zero-order valence-corrected chi connectivity index (χ0v) is 11.9.